The number of aryl methyl sites for hydroxylation is 3. The third-order valence-electron chi connectivity index (χ3n) is 16.6. The summed E-state index contributed by atoms with van der Waals surface area (Å²) in [7, 11) is 2.73. The number of aromatic hydroxyl groups is 6. The van der Waals surface area contributed by atoms with Gasteiger partial charge in [0.15, 0.2) is 0 Å². The third-order valence-corrected chi connectivity index (χ3v) is 16.6. The zero-order chi connectivity index (χ0) is 98.1. The van der Waals surface area contributed by atoms with Crippen LogP contribution in [0.5, 0.6) is 40.2 Å². The molecule has 0 bridgehead atoms. The van der Waals surface area contributed by atoms with Crippen LogP contribution in [0, 0.1) is 0 Å². The Kier molecular flexibility index (Phi) is 115. The van der Waals surface area contributed by atoms with Crippen LogP contribution in [0.25, 0.3) is 0 Å². The summed E-state index contributed by atoms with van der Waals surface area (Å²) in [5, 5.41) is 117. The molecule has 7 aromatic carbocycles. The Morgan fingerprint density at radius 3 is 0.963 bits per heavy atom. The second-order valence-corrected chi connectivity index (χ2v) is 26.8. The second-order valence-electron chi connectivity index (χ2n) is 25.9. The molecule has 32 nitrogen and oxygen atoms in total. The summed E-state index contributed by atoms with van der Waals surface area (Å²) in [4.78, 5) is 86.9. The topological polar surface area (TPSA) is 565 Å². The maximum Gasteiger partial charge on any atom is 1.00 e. The number of aliphatic hydroxyl groups is 3. The predicted molar refractivity (Wildman–Crippen MR) is 505 cm³/mol. The fraction of sp³-hybridized carbons (Fsp3) is 0.429. The van der Waals surface area contributed by atoms with Crippen molar-refractivity contribution < 1.29 is 234 Å². The summed E-state index contributed by atoms with van der Waals surface area (Å²) in [5.74, 6) is -2.73. The van der Waals surface area contributed by atoms with E-state index in [4.69, 9.17) is 63.0 Å². The zero-order valence-corrected chi connectivity index (χ0v) is 83.9. The number of rotatable bonds is 36. The largest absolute Gasteiger partial charge is 1.00 e. The molecule has 2 unspecified atom stereocenters. The van der Waals surface area contributed by atoms with Crippen molar-refractivity contribution in [2.75, 3.05) is 42.7 Å². The number of hydrogen-bond acceptors (Lipinski definition) is 28. The first-order valence-corrected chi connectivity index (χ1v) is 42.2. The molecule has 7 aromatic rings. The van der Waals surface area contributed by atoms with Crippen LogP contribution in [0.2, 0.25) is 0 Å². The smallest absolute Gasteiger partial charge is 0.870 e. The van der Waals surface area contributed by atoms with E-state index < -0.39 is 28.3 Å². The van der Waals surface area contributed by atoms with E-state index in [9.17, 15) is 64.2 Å². The van der Waals surface area contributed by atoms with Crippen molar-refractivity contribution in [3.63, 3.8) is 0 Å². The standard InChI is InChI=1S/C14H18O3.C14H20O3.C14H18O3.2C13H18O3.C9H10O3.C8H8O3.C5H10O.C2H6.CH2O3.2CH4O.3CH4.Li.2Na.H2O4S.H2O/c1-4-12(5-2)17-13-9-7-6-8-11(13)10-14(15)16-3;2*1-3-4-5-7-11-8-6-9-12(14(11)16)10-13(15)17-2;2*1-2-3-4-6-10-7-5-8-11(13(10)16)9-12(14)15;1-12-9(11)6-7-4-2-3-5-8(7)10;9-7-4-2-1-3-6(7)5-8(10)11;1-3-5(6)4-2;1-2;2-1-4-3;2*1-2;;;;;;;1-5(2,3)4;/h4,6-9,12H,1,5,10H2,2-3H3;6,8-9,16H,3-5,7,10H2,1-2H3;4-6,8-9,16H,3,7,10H2,1-2H3;2*5,7-8,16H,2-4,6,9H2,1H3,(H,14,15);2-5,10H,6H2,1H3;1-4,9H,5H2,(H,10,11);3,5-6H,1,4H2,2H3;1-2H3;1,3H;2*2H,1H3;3*1H4;;;;(H2,1,2,3,4);1H2/q;;;;;;;;;;;;;;;3*+1;;/p-3/b;;5-4+;;;;;;;;;;;;;;;;;. The zero-order valence-electron chi connectivity index (χ0n) is 79.1. The Labute approximate surface area is 851 Å². The van der Waals surface area contributed by atoms with Gasteiger partial charge in [-0.2, -0.15) is 8.42 Å². The SMILES string of the molecule is C.C.C.C=CC(CC)Oc1ccccc1CC(=O)OC.C=CC(O)CC.CC.CC/C=C/Cc1cccc(CC(=O)OC)c1O.CCCCCc1cccc(CC(=O)O)c1O.CCCCCc1cccc(CC(=O)OC)c1O.CCCCCc1cccc(CC(=O)[O-])c1O.CO.CO.COC(=O)Cc1ccccc1O.O=C(O)Cc1ccccc1O.O=CO[O-].O=S(=O)(O)O.[Li+].[Na+].[Na+].[OH-]. The van der Waals surface area contributed by atoms with E-state index in [0.29, 0.717) is 45.6 Å². The van der Waals surface area contributed by atoms with Crippen LogP contribution in [0.4, 0.5) is 0 Å². The van der Waals surface area contributed by atoms with Crippen LogP contribution in [0.3, 0.4) is 0 Å². The molecule has 0 saturated carbocycles. The molecule has 0 amide bonds. The van der Waals surface area contributed by atoms with E-state index in [0.717, 1.165) is 138 Å². The molecule has 134 heavy (non-hydrogen) atoms. The predicted octanol–water partition coefficient (Wildman–Crippen LogP) is 6.21. The number of ether oxygens (including phenoxy) is 5. The minimum Gasteiger partial charge on any atom is -0.870 e. The number of carbonyl (C=O) groups excluding carboxylic acids is 6. The fourth-order valence-corrected chi connectivity index (χ4v) is 10.1. The number of esters is 4. The van der Waals surface area contributed by atoms with Crippen LogP contribution in [0.15, 0.2) is 183 Å². The summed E-state index contributed by atoms with van der Waals surface area (Å²) in [5.41, 5.74) is 7.49. The quantitative estimate of drug-likeness (QED) is 0.00239. The molecule has 14 N–H and O–H groups in total. The molecular formula is C98H149LiNa2O32S. The van der Waals surface area contributed by atoms with Gasteiger partial charge in [-0.15, -0.1) is 6.58 Å². The average molecular weight is 1920 g/mol. The van der Waals surface area contributed by atoms with E-state index in [2.05, 4.69) is 64.7 Å². The number of hydrogen-bond donors (Lipinski definition) is 13. The Morgan fingerprint density at radius 1 is 0.418 bits per heavy atom. The summed E-state index contributed by atoms with van der Waals surface area (Å²) < 4.78 is 55.6. The van der Waals surface area contributed by atoms with Gasteiger partial charge in [0.05, 0.1) is 73.1 Å². The van der Waals surface area contributed by atoms with Crippen molar-refractivity contribution in [2.24, 2.45) is 0 Å². The average Bonchev–Trinajstić information content (AvgIpc) is 0.858. The third kappa shape index (κ3) is 81.9. The van der Waals surface area contributed by atoms with Crippen LogP contribution in [-0.2, 0) is 143 Å². The Bertz CT molecular complexity index is 4240. The fourth-order valence-electron chi connectivity index (χ4n) is 10.1. The minimum absolute atomic E-state index is 0. The van der Waals surface area contributed by atoms with E-state index in [-0.39, 0.29) is 228 Å². The number of methoxy groups -OCH3 is 4. The maximum absolute atomic E-state index is 11.3. The summed E-state index contributed by atoms with van der Waals surface area (Å²) in [6.07, 6.45) is 22.7. The molecule has 0 aromatic heterocycles. The van der Waals surface area contributed by atoms with Gasteiger partial charge in [-0.1, -0.05) is 274 Å². The summed E-state index contributed by atoms with van der Waals surface area (Å²) in [6, 6.07) is 42.1. The van der Waals surface area contributed by atoms with Crippen LogP contribution < -0.4 is 93.1 Å². The second kappa shape index (κ2) is 101. The van der Waals surface area contributed by atoms with E-state index in [1.165, 1.54) is 46.6 Å². The summed E-state index contributed by atoms with van der Waals surface area (Å²) >= 11 is 0. The van der Waals surface area contributed by atoms with Gasteiger partial charge in [0.25, 0.3) is 6.47 Å². The molecule has 36 heteroatoms. The first kappa shape index (κ1) is 153. The number of allylic oxidation sites excluding steroid dienone is 2. The van der Waals surface area contributed by atoms with Crippen molar-refractivity contribution in [3.8, 4) is 40.2 Å². The molecule has 0 heterocycles. The molecule has 0 aliphatic heterocycles. The van der Waals surface area contributed by atoms with Crippen molar-refractivity contribution in [1.82, 2.24) is 0 Å². The van der Waals surface area contributed by atoms with Gasteiger partial charge in [0.1, 0.15) is 46.4 Å². The monoisotopic (exact) mass is 1920 g/mol. The molecule has 7 rings (SSSR count). The Hall–Kier alpha value is -9.61. The molecular weight excluding hydrogens is 1770 g/mol. The molecule has 0 aliphatic carbocycles. The van der Waals surface area contributed by atoms with Crippen LogP contribution >= 0.6 is 0 Å². The number of phenols is 6. The number of phenolic OH excluding ortho intramolecular Hbond substituents is 6. The van der Waals surface area contributed by atoms with Gasteiger partial charge in [-0.25, -0.2) is 0 Å². The van der Waals surface area contributed by atoms with Crippen molar-refractivity contribution in [1.29, 1.82) is 0 Å². The number of benzene rings is 7. The van der Waals surface area contributed by atoms with E-state index >= 15 is 0 Å². The summed E-state index contributed by atoms with van der Waals surface area (Å²) in [6.45, 7) is 23.3. The van der Waals surface area contributed by atoms with Gasteiger partial charge in [0.2, 0.25) is 0 Å². The van der Waals surface area contributed by atoms with Gasteiger partial charge >= 0.3 is 124 Å². The molecule has 742 valence electrons. The van der Waals surface area contributed by atoms with Crippen molar-refractivity contribution in [2.45, 2.75) is 238 Å². The first-order valence-electron chi connectivity index (χ1n) is 40.8. The number of para-hydroxylation sites is 7. The van der Waals surface area contributed by atoms with Gasteiger partial charge in [0, 0.05) is 60.0 Å². The Morgan fingerprint density at radius 2 is 0.687 bits per heavy atom. The van der Waals surface area contributed by atoms with Crippen LogP contribution in [0.1, 0.15) is 216 Å². The molecule has 0 aliphatic rings. The molecule has 2 atom stereocenters. The number of carboxylic acids is 3. The van der Waals surface area contributed by atoms with E-state index in [1.54, 1.807) is 78.9 Å². The molecule has 0 radical (unpaired) electrons. The maximum atomic E-state index is 11.3. The Balaban J connectivity index is -0.000000111. The van der Waals surface area contributed by atoms with Gasteiger partial charge < -0.3 is 105 Å². The first-order chi connectivity index (χ1) is 60.5. The van der Waals surface area contributed by atoms with E-state index in [1.807, 2.05) is 101 Å². The van der Waals surface area contributed by atoms with Crippen molar-refractivity contribution in [3.05, 3.63) is 244 Å². The molecule has 0 saturated heterocycles. The van der Waals surface area contributed by atoms with Crippen LogP contribution in [-0.4, -0.2) is 182 Å². The number of carboxylic acid groups (broad SMARTS) is 3. The number of aliphatic hydroxyl groups excluding tert-OH is 3. The molecule has 0 spiro atoms. The number of carbonyl (C=O) groups is 8. The normalized spacial score (nSPS) is 9.55. The van der Waals surface area contributed by atoms with Gasteiger partial charge in [-0.05, 0) is 110 Å². The van der Waals surface area contributed by atoms with Crippen molar-refractivity contribution >= 4 is 58.7 Å². The number of aliphatic carboxylic acids is 3. The van der Waals surface area contributed by atoms with Gasteiger partial charge in [-0.3, -0.25) is 42.7 Å². The minimum atomic E-state index is -4.67. The molecule has 0 fully saturated rings. The number of unbranched alkanes of at least 4 members (excludes halogenated alkanes) is 6.